The van der Waals surface area contributed by atoms with Gasteiger partial charge in [-0.25, -0.2) is 0 Å². The van der Waals surface area contributed by atoms with Gasteiger partial charge in [-0.3, -0.25) is 0 Å². The van der Waals surface area contributed by atoms with Gasteiger partial charge >= 0.3 is 0 Å². The summed E-state index contributed by atoms with van der Waals surface area (Å²) in [6, 6.07) is 8.08. The van der Waals surface area contributed by atoms with Gasteiger partial charge in [-0.1, -0.05) is 18.2 Å². The molecule has 16 heavy (non-hydrogen) atoms. The highest BCUT2D eigenvalue weighted by atomic mass is 32.2. The first-order valence-electron chi connectivity index (χ1n) is 5.39. The number of para-hydroxylation sites is 1. The summed E-state index contributed by atoms with van der Waals surface area (Å²) >= 11 is 1.66. The third-order valence-electron chi connectivity index (χ3n) is 2.64. The maximum absolute atomic E-state index is 9.23. The molecule has 0 aromatic heterocycles. The minimum Gasteiger partial charge on any atom is -0.493 e. The van der Waals surface area contributed by atoms with Crippen LogP contribution < -0.4 is 4.74 Å². The quantitative estimate of drug-likeness (QED) is 0.813. The SMILES string of the molecule is OCC(O)CSCC1COc2ccccc21. The molecular formula is C12H16O3S. The molecule has 2 atom stereocenters. The number of fused-ring (bicyclic) bond motifs is 1. The molecule has 1 heterocycles. The fraction of sp³-hybridized carbons (Fsp3) is 0.500. The van der Waals surface area contributed by atoms with Crippen LogP contribution in [0.1, 0.15) is 11.5 Å². The van der Waals surface area contributed by atoms with Gasteiger partial charge in [-0.05, 0) is 6.07 Å². The lowest BCUT2D eigenvalue weighted by molar-refractivity contribution is 0.113. The van der Waals surface area contributed by atoms with E-state index in [9.17, 15) is 5.11 Å². The van der Waals surface area contributed by atoms with Crippen molar-refractivity contribution >= 4 is 11.8 Å². The number of hydrogen-bond acceptors (Lipinski definition) is 4. The van der Waals surface area contributed by atoms with E-state index in [0.717, 1.165) is 18.1 Å². The summed E-state index contributed by atoms with van der Waals surface area (Å²) in [4.78, 5) is 0. The smallest absolute Gasteiger partial charge is 0.122 e. The molecule has 0 bridgehead atoms. The van der Waals surface area contributed by atoms with Gasteiger partial charge < -0.3 is 14.9 Å². The van der Waals surface area contributed by atoms with Crippen LogP contribution in [-0.2, 0) is 0 Å². The monoisotopic (exact) mass is 240 g/mol. The first-order valence-corrected chi connectivity index (χ1v) is 6.55. The molecule has 0 aliphatic carbocycles. The number of thioether (sulfide) groups is 1. The first kappa shape index (κ1) is 11.8. The van der Waals surface area contributed by atoms with E-state index in [0.29, 0.717) is 11.7 Å². The molecule has 2 rings (SSSR count). The second kappa shape index (κ2) is 5.57. The lowest BCUT2D eigenvalue weighted by atomic mass is 10.0. The van der Waals surface area contributed by atoms with Gasteiger partial charge in [0.05, 0.1) is 19.3 Å². The van der Waals surface area contributed by atoms with Gasteiger partial charge in [0.1, 0.15) is 5.75 Å². The summed E-state index contributed by atoms with van der Waals surface area (Å²) < 4.78 is 5.57. The topological polar surface area (TPSA) is 49.7 Å². The molecule has 0 saturated heterocycles. The van der Waals surface area contributed by atoms with E-state index in [1.807, 2.05) is 18.2 Å². The zero-order valence-electron chi connectivity index (χ0n) is 9.00. The second-order valence-electron chi connectivity index (χ2n) is 3.92. The van der Waals surface area contributed by atoms with Crippen LogP contribution in [0.3, 0.4) is 0 Å². The Morgan fingerprint density at radius 2 is 2.25 bits per heavy atom. The highest BCUT2D eigenvalue weighted by Crippen LogP contribution is 2.35. The van der Waals surface area contributed by atoms with Crippen molar-refractivity contribution in [1.82, 2.24) is 0 Å². The van der Waals surface area contributed by atoms with E-state index in [4.69, 9.17) is 9.84 Å². The maximum Gasteiger partial charge on any atom is 0.122 e. The van der Waals surface area contributed by atoms with Crippen LogP contribution in [0, 0.1) is 0 Å². The molecule has 0 amide bonds. The third-order valence-corrected chi connectivity index (χ3v) is 3.90. The van der Waals surface area contributed by atoms with Crippen molar-refractivity contribution < 1.29 is 14.9 Å². The van der Waals surface area contributed by atoms with E-state index in [2.05, 4.69) is 6.07 Å². The molecular weight excluding hydrogens is 224 g/mol. The van der Waals surface area contributed by atoms with Crippen molar-refractivity contribution in [2.75, 3.05) is 24.7 Å². The van der Waals surface area contributed by atoms with Crippen molar-refractivity contribution in [2.24, 2.45) is 0 Å². The highest BCUT2D eigenvalue weighted by Gasteiger charge is 2.23. The summed E-state index contributed by atoms with van der Waals surface area (Å²) in [7, 11) is 0. The van der Waals surface area contributed by atoms with Gasteiger partial charge in [-0.2, -0.15) is 11.8 Å². The van der Waals surface area contributed by atoms with E-state index in [1.54, 1.807) is 11.8 Å². The molecule has 1 aliphatic rings. The summed E-state index contributed by atoms with van der Waals surface area (Å²) in [5, 5.41) is 17.9. The van der Waals surface area contributed by atoms with E-state index < -0.39 is 6.10 Å². The van der Waals surface area contributed by atoms with Crippen LogP contribution >= 0.6 is 11.8 Å². The Hall–Kier alpha value is -0.710. The summed E-state index contributed by atoms with van der Waals surface area (Å²) in [6.45, 7) is 0.562. The average molecular weight is 240 g/mol. The largest absolute Gasteiger partial charge is 0.493 e. The number of aliphatic hydroxyl groups is 2. The van der Waals surface area contributed by atoms with E-state index in [-0.39, 0.29) is 6.61 Å². The van der Waals surface area contributed by atoms with E-state index in [1.165, 1.54) is 5.56 Å². The van der Waals surface area contributed by atoms with Gasteiger partial charge in [0.15, 0.2) is 0 Å². The fourth-order valence-electron chi connectivity index (χ4n) is 1.77. The van der Waals surface area contributed by atoms with Crippen molar-refractivity contribution in [3.8, 4) is 5.75 Å². The molecule has 2 N–H and O–H groups in total. The third kappa shape index (κ3) is 2.70. The fourth-order valence-corrected chi connectivity index (χ4v) is 2.84. The minimum absolute atomic E-state index is 0.162. The van der Waals surface area contributed by atoms with Crippen LogP contribution in [-0.4, -0.2) is 41.0 Å². The summed E-state index contributed by atoms with van der Waals surface area (Å²) in [5.74, 6) is 2.89. The molecule has 0 saturated carbocycles. The van der Waals surface area contributed by atoms with Gasteiger partial charge in [-0.15, -0.1) is 0 Å². The lowest BCUT2D eigenvalue weighted by Crippen LogP contribution is -2.16. The Bertz CT molecular complexity index is 343. The van der Waals surface area contributed by atoms with Crippen LogP contribution in [0.4, 0.5) is 0 Å². The lowest BCUT2D eigenvalue weighted by Gasteiger charge is -2.10. The minimum atomic E-state index is -0.609. The molecule has 1 aromatic rings. The Morgan fingerprint density at radius 1 is 1.44 bits per heavy atom. The molecule has 0 fully saturated rings. The molecule has 3 nitrogen and oxygen atoms in total. The maximum atomic E-state index is 9.23. The molecule has 1 aromatic carbocycles. The zero-order valence-corrected chi connectivity index (χ0v) is 9.82. The Balaban J connectivity index is 1.84. The first-order chi connectivity index (χ1) is 7.81. The summed E-state index contributed by atoms with van der Waals surface area (Å²) in [5.41, 5.74) is 1.26. The van der Waals surface area contributed by atoms with Crippen LogP contribution in [0.2, 0.25) is 0 Å². The van der Waals surface area contributed by atoms with Gasteiger partial charge in [0, 0.05) is 23.0 Å². The molecule has 4 heteroatoms. The standard InChI is InChI=1S/C12H16O3S/c13-5-10(14)8-16-7-9-6-15-12-4-2-1-3-11(9)12/h1-4,9-10,13-14H,5-8H2. The predicted octanol–water partition coefficient (Wildman–Crippen LogP) is 1.25. The number of ether oxygens (including phenoxy) is 1. The number of rotatable bonds is 5. The predicted molar refractivity (Wildman–Crippen MR) is 65.1 cm³/mol. The molecule has 2 unspecified atom stereocenters. The Kier molecular flexibility index (Phi) is 4.09. The number of aliphatic hydroxyl groups excluding tert-OH is 2. The Labute approximate surface area is 99.4 Å². The van der Waals surface area contributed by atoms with E-state index >= 15 is 0 Å². The van der Waals surface area contributed by atoms with Gasteiger partial charge in [0.25, 0.3) is 0 Å². The normalized spacial score (nSPS) is 20.2. The molecule has 0 radical (unpaired) electrons. The Morgan fingerprint density at radius 3 is 3.06 bits per heavy atom. The summed E-state index contributed by atoms with van der Waals surface area (Å²) in [6.07, 6.45) is -0.609. The molecule has 88 valence electrons. The van der Waals surface area contributed by atoms with Crippen molar-refractivity contribution in [2.45, 2.75) is 12.0 Å². The van der Waals surface area contributed by atoms with Crippen LogP contribution in [0.25, 0.3) is 0 Å². The molecule has 1 aliphatic heterocycles. The van der Waals surface area contributed by atoms with Gasteiger partial charge in [0.2, 0.25) is 0 Å². The second-order valence-corrected chi connectivity index (χ2v) is 4.99. The molecule has 0 spiro atoms. The number of hydrogen-bond donors (Lipinski definition) is 2. The van der Waals surface area contributed by atoms with Crippen molar-refractivity contribution in [3.05, 3.63) is 29.8 Å². The van der Waals surface area contributed by atoms with Crippen LogP contribution in [0.5, 0.6) is 5.75 Å². The number of benzene rings is 1. The zero-order chi connectivity index (χ0) is 11.4. The van der Waals surface area contributed by atoms with Crippen LogP contribution in [0.15, 0.2) is 24.3 Å². The average Bonchev–Trinajstić information content (AvgIpc) is 2.73. The highest BCUT2D eigenvalue weighted by molar-refractivity contribution is 7.99. The van der Waals surface area contributed by atoms with Crippen molar-refractivity contribution in [1.29, 1.82) is 0 Å². The van der Waals surface area contributed by atoms with Crippen molar-refractivity contribution in [3.63, 3.8) is 0 Å².